The first-order chi connectivity index (χ1) is 20.8. The van der Waals surface area contributed by atoms with Crippen molar-refractivity contribution in [1.82, 2.24) is 13.5 Å². The van der Waals surface area contributed by atoms with Crippen LogP contribution in [0.4, 0.5) is 0 Å². The van der Waals surface area contributed by atoms with Crippen molar-refractivity contribution in [2.24, 2.45) is 0 Å². The van der Waals surface area contributed by atoms with E-state index < -0.39 is 22.8 Å². The normalized spacial score (nSPS) is 20.5. The summed E-state index contributed by atoms with van der Waals surface area (Å²) in [5.41, 5.74) is 6.28. The summed E-state index contributed by atoms with van der Waals surface area (Å²) in [4.78, 5) is 5.09. The molecule has 6 rings (SSSR count). The highest BCUT2D eigenvalue weighted by Gasteiger charge is 2.45. The number of benzene rings is 2. The molecule has 0 aliphatic heterocycles. The van der Waals surface area contributed by atoms with Gasteiger partial charge in [0.2, 0.25) is 10.0 Å². The van der Waals surface area contributed by atoms with E-state index in [4.69, 9.17) is 9.72 Å². The van der Waals surface area contributed by atoms with Gasteiger partial charge in [-0.2, -0.15) is 5.26 Å². The Hall–Kier alpha value is -3.65. The second-order valence-electron chi connectivity index (χ2n) is 13.7. The Balaban J connectivity index is 1.49. The third kappa shape index (κ3) is 4.82. The predicted molar refractivity (Wildman–Crippen MR) is 177 cm³/mol. The van der Waals surface area contributed by atoms with Crippen LogP contribution in [0.15, 0.2) is 60.0 Å². The van der Waals surface area contributed by atoms with Crippen LogP contribution in [-0.2, 0) is 27.9 Å². The topological polar surface area (TPSA) is 110 Å². The minimum absolute atomic E-state index is 0.00585. The average molecular weight is 629 g/mol. The van der Waals surface area contributed by atoms with E-state index in [-0.39, 0.29) is 18.1 Å². The van der Waals surface area contributed by atoms with E-state index in [1.807, 2.05) is 31.2 Å². The van der Waals surface area contributed by atoms with Gasteiger partial charge in [-0.1, -0.05) is 37.8 Å². The number of imidazole rings is 1. The second kappa shape index (κ2) is 10.8. The standard InChI is InChI=1S/C34H40N4O4SSi/c1-22-9-12-26-27(33-36-28-18-24(19-35)10-14-29(28)37(33)21-42-16-17-44(4,5)6)13-11-25-20-38(32(22)31(25)26)43(40,41)34(3)15-7-8-30(39)23(34)2/h7-10,12,14,18,20,27,39H,11,13,15-17,21H2,1-6H3. The summed E-state index contributed by atoms with van der Waals surface area (Å²) < 4.78 is 37.4. The molecule has 44 heavy (non-hydrogen) atoms. The van der Waals surface area contributed by atoms with Crippen LogP contribution in [-0.4, -0.2) is 46.5 Å². The monoisotopic (exact) mass is 628 g/mol. The Labute approximate surface area is 260 Å². The molecule has 2 aliphatic carbocycles. The number of allylic oxidation sites excluding steroid dienone is 2. The molecule has 2 unspecified atom stereocenters. The molecule has 230 valence electrons. The number of aliphatic hydroxyl groups excluding tert-OH is 1. The van der Waals surface area contributed by atoms with E-state index >= 15 is 0 Å². The lowest BCUT2D eigenvalue weighted by Crippen LogP contribution is -2.41. The zero-order valence-electron chi connectivity index (χ0n) is 26.3. The van der Waals surface area contributed by atoms with Crippen molar-refractivity contribution in [1.29, 1.82) is 5.26 Å². The summed E-state index contributed by atoms with van der Waals surface area (Å²) in [7, 11) is -5.20. The molecule has 0 saturated carbocycles. The molecule has 2 aromatic carbocycles. The maximum atomic E-state index is 14.4. The van der Waals surface area contributed by atoms with Gasteiger partial charge < -0.3 is 14.4 Å². The van der Waals surface area contributed by atoms with Crippen molar-refractivity contribution in [3.63, 3.8) is 0 Å². The SMILES string of the molecule is CC1=C(O)C=CCC1(C)S(=O)(=O)n1cc2c3c(ccc(C)c31)C(c1nc3cc(C#N)ccc3n1COCC[Si](C)(C)C)CC2. The third-order valence-electron chi connectivity index (χ3n) is 9.53. The molecular formula is C34H40N4O4SSi. The van der Waals surface area contributed by atoms with Gasteiger partial charge in [-0.05, 0) is 92.6 Å². The number of rotatable bonds is 8. The third-order valence-corrected chi connectivity index (χ3v) is 13.6. The Morgan fingerprint density at radius 1 is 1.20 bits per heavy atom. The van der Waals surface area contributed by atoms with Gasteiger partial charge in [0.15, 0.2) is 0 Å². The Bertz CT molecular complexity index is 2020. The zero-order chi connectivity index (χ0) is 31.6. The molecule has 0 bridgehead atoms. The Morgan fingerprint density at radius 3 is 2.70 bits per heavy atom. The van der Waals surface area contributed by atoms with E-state index in [9.17, 15) is 18.8 Å². The Morgan fingerprint density at radius 2 is 1.98 bits per heavy atom. The summed E-state index contributed by atoms with van der Waals surface area (Å²) >= 11 is 0. The lowest BCUT2D eigenvalue weighted by Gasteiger charge is -2.32. The lowest BCUT2D eigenvalue weighted by molar-refractivity contribution is 0.0873. The van der Waals surface area contributed by atoms with Crippen LogP contribution in [0.2, 0.25) is 25.7 Å². The first-order valence-corrected chi connectivity index (χ1v) is 20.3. The number of hydrogen-bond acceptors (Lipinski definition) is 6. The highest BCUT2D eigenvalue weighted by molar-refractivity contribution is 7.91. The maximum Gasteiger partial charge on any atom is 0.248 e. The fourth-order valence-electron chi connectivity index (χ4n) is 6.61. The molecule has 0 saturated heterocycles. The number of nitriles is 1. The summed E-state index contributed by atoms with van der Waals surface area (Å²) in [6.45, 7) is 13.4. The molecule has 8 nitrogen and oxygen atoms in total. The second-order valence-corrected chi connectivity index (χ2v) is 21.5. The molecule has 0 spiro atoms. The van der Waals surface area contributed by atoms with Crippen LogP contribution in [0.5, 0.6) is 0 Å². The first-order valence-electron chi connectivity index (χ1n) is 15.2. The van der Waals surface area contributed by atoms with Crippen LogP contribution in [0.25, 0.3) is 21.9 Å². The van der Waals surface area contributed by atoms with Gasteiger partial charge in [0.05, 0.1) is 28.2 Å². The summed E-state index contributed by atoms with van der Waals surface area (Å²) in [6, 6.07) is 13.0. The number of ether oxygens (including phenoxy) is 1. The molecule has 0 amide bonds. The molecule has 1 N–H and O–H groups in total. The summed E-state index contributed by atoms with van der Waals surface area (Å²) in [6.07, 6.45) is 6.84. The Kier molecular flexibility index (Phi) is 7.42. The van der Waals surface area contributed by atoms with Crippen LogP contribution in [0.3, 0.4) is 0 Å². The number of nitrogens with zero attached hydrogens (tertiary/aromatic N) is 4. The highest BCUT2D eigenvalue weighted by Crippen LogP contribution is 2.45. The van der Waals surface area contributed by atoms with Crippen LogP contribution in [0.1, 0.15) is 60.7 Å². The van der Waals surface area contributed by atoms with Gasteiger partial charge in [0.25, 0.3) is 0 Å². The minimum Gasteiger partial charge on any atom is -0.508 e. The zero-order valence-corrected chi connectivity index (χ0v) is 28.1. The lowest BCUT2D eigenvalue weighted by atomic mass is 9.82. The van der Waals surface area contributed by atoms with Crippen molar-refractivity contribution < 1.29 is 18.3 Å². The van der Waals surface area contributed by atoms with E-state index in [1.54, 1.807) is 32.2 Å². The number of aromatic nitrogens is 3. The number of aliphatic hydroxyl groups is 1. The maximum absolute atomic E-state index is 14.4. The fourth-order valence-corrected chi connectivity index (χ4v) is 9.34. The number of aryl methyl sites for hydroxylation is 2. The van der Waals surface area contributed by atoms with Crippen molar-refractivity contribution in [3.8, 4) is 6.07 Å². The smallest absolute Gasteiger partial charge is 0.248 e. The molecule has 2 atom stereocenters. The molecular weight excluding hydrogens is 589 g/mol. The van der Waals surface area contributed by atoms with E-state index in [0.29, 0.717) is 36.4 Å². The fraction of sp³-hybridized carbons (Fsp3) is 0.412. The van der Waals surface area contributed by atoms with Gasteiger partial charge >= 0.3 is 0 Å². The van der Waals surface area contributed by atoms with Crippen LogP contribution < -0.4 is 0 Å². The molecule has 2 heterocycles. The molecule has 2 aliphatic rings. The van der Waals surface area contributed by atoms with Crippen molar-refractivity contribution in [2.45, 2.75) is 83.1 Å². The largest absolute Gasteiger partial charge is 0.508 e. The number of hydrogen-bond donors (Lipinski definition) is 1. The number of fused-ring (bicyclic) bond motifs is 1. The van der Waals surface area contributed by atoms with E-state index in [2.05, 4.69) is 36.3 Å². The van der Waals surface area contributed by atoms with Crippen molar-refractivity contribution >= 4 is 40.0 Å². The quantitative estimate of drug-likeness (QED) is 0.162. The molecule has 0 radical (unpaired) electrons. The first kappa shape index (κ1) is 30.4. The summed E-state index contributed by atoms with van der Waals surface area (Å²) in [5, 5.41) is 21.0. The van der Waals surface area contributed by atoms with E-state index in [0.717, 1.165) is 51.4 Å². The van der Waals surface area contributed by atoms with Crippen molar-refractivity contribution in [3.05, 3.63) is 88.1 Å². The van der Waals surface area contributed by atoms with Gasteiger partial charge in [-0.15, -0.1) is 0 Å². The summed E-state index contributed by atoms with van der Waals surface area (Å²) in [5.74, 6) is 0.787. The van der Waals surface area contributed by atoms with Gasteiger partial charge in [-0.3, -0.25) is 0 Å². The minimum atomic E-state index is -3.94. The van der Waals surface area contributed by atoms with Crippen molar-refractivity contribution in [2.75, 3.05) is 6.61 Å². The van der Waals surface area contributed by atoms with Gasteiger partial charge in [0, 0.05) is 32.2 Å². The van der Waals surface area contributed by atoms with Crippen LogP contribution in [0, 0.1) is 18.3 Å². The molecule has 4 aromatic rings. The van der Waals surface area contributed by atoms with Crippen LogP contribution >= 0.6 is 0 Å². The molecule has 2 aromatic heterocycles. The average Bonchev–Trinajstić information content (AvgIpc) is 3.55. The molecule has 10 heteroatoms. The molecule has 0 fully saturated rings. The highest BCUT2D eigenvalue weighted by atomic mass is 32.2. The predicted octanol–water partition coefficient (Wildman–Crippen LogP) is 7.29. The van der Waals surface area contributed by atoms with Gasteiger partial charge in [0.1, 0.15) is 23.1 Å². The van der Waals surface area contributed by atoms with E-state index in [1.165, 1.54) is 3.97 Å². The van der Waals surface area contributed by atoms with Gasteiger partial charge in [-0.25, -0.2) is 17.4 Å².